The number of thioether (sulfide) groups is 1. The maximum Gasteiger partial charge on any atom is 0.316 e. The first kappa shape index (κ1) is 14.4. The summed E-state index contributed by atoms with van der Waals surface area (Å²) in [6, 6.07) is 3.82. The third-order valence-corrected chi connectivity index (χ3v) is 4.64. The highest BCUT2D eigenvalue weighted by Gasteiger charge is 2.26. The van der Waals surface area contributed by atoms with Gasteiger partial charge < -0.3 is 4.74 Å². The average Bonchev–Trinajstić information content (AvgIpc) is 2.47. The Morgan fingerprint density at radius 3 is 2.84 bits per heavy atom. The highest BCUT2D eigenvalue weighted by molar-refractivity contribution is 8.00. The molecule has 104 valence electrons. The van der Waals surface area contributed by atoms with Crippen molar-refractivity contribution in [2.24, 2.45) is 5.92 Å². The van der Waals surface area contributed by atoms with E-state index in [1.807, 2.05) is 12.1 Å². The molecule has 1 aliphatic rings. The summed E-state index contributed by atoms with van der Waals surface area (Å²) in [7, 11) is 0. The lowest BCUT2D eigenvalue weighted by atomic mass is 9.85. The summed E-state index contributed by atoms with van der Waals surface area (Å²) in [6.45, 7) is 2.18. The van der Waals surface area contributed by atoms with Crippen molar-refractivity contribution in [1.29, 1.82) is 0 Å². The molecule has 0 spiro atoms. The van der Waals surface area contributed by atoms with Gasteiger partial charge in [-0.05, 0) is 43.7 Å². The fourth-order valence-corrected chi connectivity index (χ4v) is 3.24. The Labute approximate surface area is 119 Å². The standard InChI is InChI=1S/C15H21NO2S/c1-2-12-5-3-4-6-14(12)18-15(17)11-19-13-7-9-16-10-8-13/h7-10,12,14H,2-6,11H2,1H3. The fourth-order valence-electron chi connectivity index (χ4n) is 2.58. The number of aromatic nitrogens is 1. The molecule has 2 unspecified atom stereocenters. The number of ether oxygens (including phenoxy) is 1. The Kier molecular flexibility index (Phi) is 5.70. The number of hydrogen-bond acceptors (Lipinski definition) is 4. The summed E-state index contributed by atoms with van der Waals surface area (Å²) in [6.07, 6.45) is 9.42. The van der Waals surface area contributed by atoms with Crippen molar-refractivity contribution >= 4 is 17.7 Å². The van der Waals surface area contributed by atoms with E-state index in [0.29, 0.717) is 11.7 Å². The molecular weight excluding hydrogens is 258 g/mol. The highest BCUT2D eigenvalue weighted by Crippen LogP contribution is 2.29. The molecule has 0 saturated heterocycles. The molecule has 1 saturated carbocycles. The van der Waals surface area contributed by atoms with Crippen molar-refractivity contribution in [2.75, 3.05) is 5.75 Å². The molecule has 0 bridgehead atoms. The van der Waals surface area contributed by atoms with E-state index < -0.39 is 0 Å². The molecule has 0 radical (unpaired) electrons. The molecule has 1 heterocycles. The fraction of sp³-hybridized carbons (Fsp3) is 0.600. The molecule has 3 nitrogen and oxygen atoms in total. The van der Waals surface area contributed by atoms with Crippen molar-refractivity contribution in [1.82, 2.24) is 4.98 Å². The van der Waals surface area contributed by atoms with Crippen molar-refractivity contribution in [2.45, 2.75) is 50.0 Å². The van der Waals surface area contributed by atoms with Crippen LogP contribution in [-0.4, -0.2) is 22.8 Å². The van der Waals surface area contributed by atoms with Gasteiger partial charge in [-0.3, -0.25) is 9.78 Å². The molecule has 4 heteroatoms. The van der Waals surface area contributed by atoms with Crippen LogP contribution in [0, 0.1) is 5.92 Å². The molecule has 0 N–H and O–H groups in total. The highest BCUT2D eigenvalue weighted by atomic mass is 32.2. The van der Waals surface area contributed by atoms with Crippen LogP contribution in [0.15, 0.2) is 29.4 Å². The van der Waals surface area contributed by atoms with E-state index in [-0.39, 0.29) is 12.1 Å². The third kappa shape index (κ3) is 4.53. The van der Waals surface area contributed by atoms with Gasteiger partial charge in [-0.25, -0.2) is 0 Å². The van der Waals surface area contributed by atoms with Gasteiger partial charge >= 0.3 is 5.97 Å². The predicted molar refractivity (Wildman–Crippen MR) is 77.1 cm³/mol. The zero-order valence-electron chi connectivity index (χ0n) is 11.4. The number of pyridine rings is 1. The van der Waals surface area contributed by atoms with E-state index in [1.54, 1.807) is 12.4 Å². The van der Waals surface area contributed by atoms with Gasteiger partial charge in [0.1, 0.15) is 6.10 Å². The summed E-state index contributed by atoms with van der Waals surface area (Å²) in [5.74, 6) is 0.854. The van der Waals surface area contributed by atoms with Gasteiger partial charge in [0.25, 0.3) is 0 Å². The summed E-state index contributed by atoms with van der Waals surface area (Å²) in [5, 5.41) is 0. The quantitative estimate of drug-likeness (QED) is 0.609. The number of carbonyl (C=O) groups excluding carboxylic acids is 1. The van der Waals surface area contributed by atoms with Gasteiger partial charge in [0, 0.05) is 17.3 Å². The van der Waals surface area contributed by atoms with Crippen molar-refractivity contribution < 1.29 is 9.53 Å². The van der Waals surface area contributed by atoms with Crippen LogP contribution >= 0.6 is 11.8 Å². The lowest BCUT2D eigenvalue weighted by Gasteiger charge is -2.30. The molecule has 0 aromatic carbocycles. The summed E-state index contributed by atoms with van der Waals surface area (Å²) < 4.78 is 5.64. The molecular formula is C15H21NO2S. The molecule has 1 aromatic rings. The van der Waals surface area contributed by atoms with Crippen LogP contribution in [0.2, 0.25) is 0 Å². The summed E-state index contributed by atoms with van der Waals surface area (Å²) in [5.41, 5.74) is 0. The number of hydrogen-bond donors (Lipinski definition) is 0. The first-order chi connectivity index (χ1) is 9.29. The summed E-state index contributed by atoms with van der Waals surface area (Å²) in [4.78, 5) is 16.9. The Balaban J connectivity index is 1.77. The van der Waals surface area contributed by atoms with Crippen molar-refractivity contribution in [3.8, 4) is 0 Å². The van der Waals surface area contributed by atoms with E-state index in [9.17, 15) is 4.79 Å². The van der Waals surface area contributed by atoms with Crippen LogP contribution in [0.3, 0.4) is 0 Å². The van der Waals surface area contributed by atoms with E-state index in [1.165, 1.54) is 31.0 Å². The minimum Gasteiger partial charge on any atom is -0.461 e. The van der Waals surface area contributed by atoms with Crippen LogP contribution in [0.25, 0.3) is 0 Å². The van der Waals surface area contributed by atoms with Gasteiger partial charge in [-0.15, -0.1) is 11.8 Å². The van der Waals surface area contributed by atoms with E-state index in [2.05, 4.69) is 11.9 Å². The van der Waals surface area contributed by atoms with Gasteiger partial charge in [-0.1, -0.05) is 13.3 Å². The predicted octanol–water partition coefficient (Wildman–Crippen LogP) is 3.69. The second-order valence-electron chi connectivity index (χ2n) is 4.95. The van der Waals surface area contributed by atoms with Crippen molar-refractivity contribution in [3.05, 3.63) is 24.5 Å². The normalized spacial score (nSPS) is 23.0. The second-order valence-corrected chi connectivity index (χ2v) is 6.00. The van der Waals surface area contributed by atoms with Crippen LogP contribution in [0.4, 0.5) is 0 Å². The Morgan fingerprint density at radius 1 is 1.37 bits per heavy atom. The van der Waals surface area contributed by atoms with Gasteiger partial charge in [0.15, 0.2) is 0 Å². The number of carbonyl (C=O) groups is 1. The Bertz CT molecular complexity index is 396. The maximum atomic E-state index is 11.9. The molecule has 1 aliphatic carbocycles. The minimum atomic E-state index is -0.0906. The lowest BCUT2D eigenvalue weighted by Crippen LogP contribution is -2.30. The molecule has 0 aliphatic heterocycles. The van der Waals surface area contributed by atoms with Crippen LogP contribution in [-0.2, 0) is 9.53 Å². The topological polar surface area (TPSA) is 39.2 Å². The monoisotopic (exact) mass is 279 g/mol. The SMILES string of the molecule is CCC1CCCCC1OC(=O)CSc1ccncc1. The van der Waals surface area contributed by atoms with Gasteiger partial charge in [0.05, 0.1) is 5.75 Å². The van der Waals surface area contributed by atoms with Crippen molar-refractivity contribution in [3.63, 3.8) is 0 Å². The lowest BCUT2D eigenvalue weighted by molar-refractivity contribution is -0.150. The molecule has 1 fully saturated rings. The number of nitrogens with zero attached hydrogens (tertiary/aromatic N) is 1. The third-order valence-electron chi connectivity index (χ3n) is 3.65. The summed E-state index contributed by atoms with van der Waals surface area (Å²) >= 11 is 1.51. The first-order valence-electron chi connectivity index (χ1n) is 7.02. The smallest absolute Gasteiger partial charge is 0.316 e. The molecule has 1 aromatic heterocycles. The van der Waals surface area contributed by atoms with Crippen LogP contribution < -0.4 is 0 Å². The van der Waals surface area contributed by atoms with E-state index >= 15 is 0 Å². The van der Waals surface area contributed by atoms with Gasteiger partial charge in [0.2, 0.25) is 0 Å². The zero-order chi connectivity index (χ0) is 13.5. The maximum absolute atomic E-state index is 11.9. The minimum absolute atomic E-state index is 0.0906. The second kappa shape index (κ2) is 7.53. The number of rotatable bonds is 5. The molecule has 2 atom stereocenters. The van der Waals surface area contributed by atoms with E-state index in [4.69, 9.17) is 4.74 Å². The molecule has 2 rings (SSSR count). The molecule has 0 amide bonds. The Morgan fingerprint density at radius 2 is 2.11 bits per heavy atom. The molecule has 19 heavy (non-hydrogen) atoms. The van der Waals surface area contributed by atoms with Crippen LogP contribution in [0.5, 0.6) is 0 Å². The number of esters is 1. The van der Waals surface area contributed by atoms with E-state index in [0.717, 1.165) is 17.7 Å². The first-order valence-corrected chi connectivity index (χ1v) is 8.00. The van der Waals surface area contributed by atoms with Gasteiger partial charge in [-0.2, -0.15) is 0 Å². The zero-order valence-corrected chi connectivity index (χ0v) is 12.2. The average molecular weight is 279 g/mol. The van der Waals surface area contributed by atoms with Crippen LogP contribution in [0.1, 0.15) is 39.0 Å². The Hall–Kier alpha value is -1.03. The largest absolute Gasteiger partial charge is 0.461 e.